The molecule has 5 aliphatic rings. The van der Waals surface area contributed by atoms with Crippen molar-refractivity contribution in [2.45, 2.75) is 64.0 Å². The molecule has 0 radical (unpaired) electrons. The number of hydrogen-bond donors (Lipinski definition) is 1. The van der Waals surface area contributed by atoms with Crippen molar-refractivity contribution in [3.8, 4) is 51.6 Å². The summed E-state index contributed by atoms with van der Waals surface area (Å²) in [6.07, 6.45) is -0.222. The molecule has 4 aromatic carbocycles. The Morgan fingerprint density at radius 3 is 2.27 bits per heavy atom. The van der Waals surface area contributed by atoms with Crippen molar-refractivity contribution in [1.29, 1.82) is 0 Å². The van der Waals surface area contributed by atoms with Gasteiger partial charge in [0.15, 0.2) is 29.6 Å². The SMILES string of the molecule is C=C1OC[C@H]2C(OC(=O)c3ccc(OCC(=O)OC4(CC)C(=O)OCc5c4cc4n(c5=O)Cc5c-4nc4ccc(O)c(CN(C)C)c4c5CC)cc3)c3cc4c(cc3[C@H](c3cc(OC)c(OC)c(OC)c3)[C@@H]12)OCO4. The molecule has 2 aromatic heterocycles. The molecule has 11 rings (SSSR count). The lowest BCUT2D eigenvalue weighted by molar-refractivity contribution is -0.190. The van der Waals surface area contributed by atoms with Gasteiger partial charge < -0.3 is 61.9 Å². The fourth-order valence-electron chi connectivity index (χ4n) is 11.7. The van der Waals surface area contributed by atoms with Crippen molar-refractivity contribution in [3.05, 3.63) is 139 Å². The molecular weight excluding hydrogens is 967 g/mol. The molecule has 1 N–H and O–H groups in total. The van der Waals surface area contributed by atoms with Crippen molar-refractivity contribution in [3.63, 3.8) is 0 Å². The number of allylic oxidation sites excluding steroid dienone is 1. The first-order valence-corrected chi connectivity index (χ1v) is 24.7. The summed E-state index contributed by atoms with van der Waals surface area (Å²) in [4.78, 5) is 63.1. The minimum absolute atomic E-state index is 0.0352. The van der Waals surface area contributed by atoms with Gasteiger partial charge >= 0.3 is 17.9 Å². The molecule has 0 bridgehead atoms. The molecule has 2 unspecified atom stereocenters. The zero-order valence-corrected chi connectivity index (χ0v) is 42.5. The van der Waals surface area contributed by atoms with Crippen molar-refractivity contribution in [2.75, 3.05) is 55.4 Å². The second-order valence-corrected chi connectivity index (χ2v) is 19.4. The topological polar surface area (TPSA) is 202 Å². The van der Waals surface area contributed by atoms with Gasteiger partial charge in [-0.15, -0.1) is 0 Å². The largest absolute Gasteiger partial charge is 0.508 e. The van der Waals surface area contributed by atoms with Gasteiger partial charge in [-0.1, -0.05) is 20.4 Å². The van der Waals surface area contributed by atoms with E-state index < -0.39 is 36.2 Å². The van der Waals surface area contributed by atoms with Crippen molar-refractivity contribution in [1.82, 2.24) is 14.5 Å². The minimum Gasteiger partial charge on any atom is -0.508 e. The Hall–Kier alpha value is -8.25. The number of carbonyl (C=O) groups excluding carboxylic acids is 3. The number of pyridine rings is 2. The van der Waals surface area contributed by atoms with E-state index in [9.17, 15) is 24.3 Å². The zero-order valence-electron chi connectivity index (χ0n) is 42.5. The molecule has 1 saturated heterocycles. The molecule has 4 aliphatic heterocycles. The number of esters is 3. The highest BCUT2D eigenvalue weighted by molar-refractivity contribution is 5.93. The molecule has 18 nitrogen and oxygen atoms in total. The smallest absolute Gasteiger partial charge is 0.355 e. The standard InChI is InChI=1S/C57H55N3O15/c1-9-32-35-23-60-41(51(35)58-40-15-16-42(61)36(50(32)40)22-59(4)5)21-39-37(54(60)63)24-71-56(65)57(39,10-2)75-47(62)26-70-31-13-11-29(12-14-31)55(64)74-52-34-20-44-43(72-27-73-44)19-33(34)49(48-28(3)69-25-38(48)52)30-17-45(66-6)53(68-8)46(18-30)67-7/h11-21,38,48-49,52,61H,3,9-10,22-27H2,1-2,4-8H3/t38-,48+,49+,52?,57?/m1/s1. The fourth-order valence-corrected chi connectivity index (χ4v) is 11.7. The van der Waals surface area contributed by atoms with Crippen LogP contribution in [0, 0.1) is 11.8 Å². The summed E-state index contributed by atoms with van der Waals surface area (Å²) < 4.78 is 60.4. The van der Waals surface area contributed by atoms with E-state index in [1.807, 2.05) is 50.2 Å². The van der Waals surface area contributed by atoms with Crippen LogP contribution in [0.3, 0.4) is 0 Å². The molecule has 6 heterocycles. The third-order valence-electron chi connectivity index (χ3n) is 15.1. The van der Waals surface area contributed by atoms with Crippen molar-refractivity contribution in [2.24, 2.45) is 11.8 Å². The van der Waals surface area contributed by atoms with Crippen LogP contribution in [0.15, 0.2) is 83.9 Å². The summed E-state index contributed by atoms with van der Waals surface area (Å²) in [5.74, 6) is 0.00696. The number of cyclic esters (lactones) is 1. The number of phenolic OH excluding ortho intramolecular Hbond substituents is 1. The number of methoxy groups -OCH3 is 3. The van der Waals surface area contributed by atoms with Gasteiger partial charge in [0.1, 0.15) is 24.2 Å². The van der Waals surface area contributed by atoms with Crippen LogP contribution < -0.4 is 34.0 Å². The number of nitrogens with zero attached hydrogens (tertiary/aromatic N) is 3. The summed E-state index contributed by atoms with van der Waals surface area (Å²) in [5.41, 5.74) is 4.90. The van der Waals surface area contributed by atoms with Crippen molar-refractivity contribution < 1.29 is 66.9 Å². The first-order valence-electron chi connectivity index (χ1n) is 24.7. The van der Waals surface area contributed by atoms with Gasteiger partial charge in [0, 0.05) is 51.9 Å². The second kappa shape index (κ2) is 18.9. The van der Waals surface area contributed by atoms with Gasteiger partial charge in [-0.3, -0.25) is 4.79 Å². The van der Waals surface area contributed by atoms with Gasteiger partial charge in [-0.05, 0) is 110 Å². The molecule has 1 aliphatic carbocycles. The van der Waals surface area contributed by atoms with Crippen LogP contribution in [0.1, 0.15) is 87.2 Å². The highest BCUT2D eigenvalue weighted by Crippen LogP contribution is 2.59. The first-order chi connectivity index (χ1) is 36.2. The molecule has 6 aromatic rings. The fraction of sp³-hybridized carbons (Fsp3) is 0.351. The van der Waals surface area contributed by atoms with E-state index in [2.05, 4.69) is 6.58 Å². The molecule has 388 valence electrons. The number of hydrogen-bond acceptors (Lipinski definition) is 17. The van der Waals surface area contributed by atoms with Gasteiger partial charge in [0.25, 0.3) is 5.56 Å². The van der Waals surface area contributed by atoms with E-state index in [0.29, 0.717) is 69.9 Å². The molecule has 18 heteroatoms. The van der Waals surface area contributed by atoms with Crippen LogP contribution in [0.5, 0.6) is 40.2 Å². The highest BCUT2D eigenvalue weighted by atomic mass is 16.7. The van der Waals surface area contributed by atoms with Crippen LogP contribution in [0.25, 0.3) is 22.3 Å². The monoisotopic (exact) mass is 1020 g/mol. The maximum atomic E-state index is 14.4. The average Bonchev–Trinajstić information content (AvgIpc) is 4.16. The average molecular weight is 1020 g/mol. The lowest BCUT2D eigenvalue weighted by Gasteiger charge is -2.39. The van der Waals surface area contributed by atoms with E-state index in [1.54, 1.807) is 51.0 Å². The molecule has 75 heavy (non-hydrogen) atoms. The van der Waals surface area contributed by atoms with Crippen molar-refractivity contribution >= 4 is 28.8 Å². The number of benzene rings is 4. The summed E-state index contributed by atoms with van der Waals surface area (Å²) in [7, 11) is 8.50. The highest BCUT2D eigenvalue weighted by Gasteiger charge is 2.53. The summed E-state index contributed by atoms with van der Waals surface area (Å²) in [6, 6.07) is 18.7. The Kier molecular flexibility index (Phi) is 12.3. The Morgan fingerprint density at radius 1 is 0.880 bits per heavy atom. The number of aromatic nitrogens is 2. The van der Waals surface area contributed by atoms with Crippen LogP contribution >= 0.6 is 0 Å². The number of aryl methyl sites for hydroxylation is 1. The van der Waals surface area contributed by atoms with Crippen LogP contribution in [0.2, 0.25) is 0 Å². The van der Waals surface area contributed by atoms with E-state index in [0.717, 1.165) is 33.2 Å². The van der Waals surface area contributed by atoms with E-state index in [4.69, 9.17) is 52.4 Å². The Bertz CT molecular complexity index is 3410. The maximum absolute atomic E-state index is 14.4. The van der Waals surface area contributed by atoms with Crippen LogP contribution in [-0.2, 0) is 60.3 Å². The van der Waals surface area contributed by atoms with E-state index in [-0.39, 0.29) is 84.5 Å². The Labute approximate surface area is 431 Å². The normalized spacial score (nSPS) is 20.5. The predicted molar refractivity (Wildman–Crippen MR) is 270 cm³/mol. The number of carbonyl (C=O) groups is 3. The van der Waals surface area contributed by atoms with E-state index >= 15 is 0 Å². The predicted octanol–water partition coefficient (Wildman–Crippen LogP) is 7.61. The lowest BCUT2D eigenvalue weighted by Crippen LogP contribution is -2.48. The number of ether oxygens (including phenoxy) is 10. The molecule has 1 fully saturated rings. The van der Waals surface area contributed by atoms with Gasteiger partial charge in [-0.25, -0.2) is 19.4 Å². The first kappa shape index (κ1) is 49.0. The van der Waals surface area contributed by atoms with Crippen LogP contribution in [0.4, 0.5) is 0 Å². The van der Waals surface area contributed by atoms with Crippen LogP contribution in [-0.4, -0.2) is 92.9 Å². The zero-order chi connectivity index (χ0) is 52.6. The molecule has 0 amide bonds. The molecular formula is C57H55N3O15. The van der Waals surface area contributed by atoms with Gasteiger partial charge in [0.05, 0.1) is 68.3 Å². The maximum Gasteiger partial charge on any atom is 0.355 e. The second-order valence-electron chi connectivity index (χ2n) is 19.4. The number of aromatic hydroxyl groups is 1. The summed E-state index contributed by atoms with van der Waals surface area (Å²) in [6.45, 7) is 8.04. The number of fused-ring (bicyclic) bond motifs is 8. The minimum atomic E-state index is -1.96. The summed E-state index contributed by atoms with van der Waals surface area (Å²) in [5, 5.41) is 11.8. The molecule has 0 spiro atoms. The van der Waals surface area contributed by atoms with E-state index in [1.165, 1.54) is 24.3 Å². The molecule has 5 atom stereocenters. The summed E-state index contributed by atoms with van der Waals surface area (Å²) >= 11 is 0. The quantitative estimate of drug-likeness (QED) is 0.0823. The lowest BCUT2D eigenvalue weighted by atomic mass is 9.65. The Morgan fingerprint density at radius 2 is 1.60 bits per heavy atom. The number of phenols is 1. The van der Waals surface area contributed by atoms with Gasteiger partial charge in [0.2, 0.25) is 18.1 Å². The van der Waals surface area contributed by atoms with Gasteiger partial charge in [-0.2, -0.15) is 0 Å². The molecule has 0 saturated carbocycles. The Balaban J connectivity index is 0.832. The third kappa shape index (κ3) is 7.91. The number of rotatable bonds is 14. The third-order valence-corrected chi connectivity index (χ3v) is 15.1.